The van der Waals surface area contributed by atoms with Gasteiger partial charge in [0.1, 0.15) is 5.01 Å². The van der Waals surface area contributed by atoms with E-state index in [0.29, 0.717) is 17.9 Å². The second kappa shape index (κ2) is 11.3. The summed E-state index contributed by atoms with van der Waals surface area (Å²) in [5.41, 5.74) is 1.58. The Balaban J connectivity index is 0.00000312. The Hall–Kier alpha value is -0.410. The monoisotopic (exact) mass is 480 g/mol. The summed E-state index contributed by atoms with van der Waals surface area (Å²) in [5, 5.41) is 10.1. The zero-order valence-electron chi connectivity index (χ0n) is 15.9. The molecule has 1 saturated carbocycles. The van der Waals surface area contributed by atoms with Crippen molar-refractivity contribution in [3.8, 4) is 0 Å². The second-order valence-electron chi connectivity index (χ2n) is 6.82. The van der Waals surface area contributed by atoms with Crippen LogP contribution in [0.15, 0.2) is 10.4 Å². The quantitative estimate of drug-likeness (QED) is 0.229. The molecule has 0 radical (unpaired) electrons. The van der Waals surface area contributed by atoms with Crippen LogP contribution in [0.2, 0.25) is 0 Å². The summed E-state index contributed by atoms with van der Waals surface area (Å²) in [6.07, 6.45) is 3.71. The van der Waals surface area contributed by atoms with Crippen LogP contribution in [0, 0.1) is 5.41 Å². The maximum atomic E-state index is 5.51. The van der Waals surface area contributed by atoms with Gasteiger partial charge in [-0.3, -0.25) is 0 Å². The van der Waals surface area contributed by atoms with Crippen LogP contribution < -0.4 is 10.6 Å². The number of halogens is 1. The van der Waals surface area contributed by atoms with Crippen molar-refractivity contribution >= 4 is 41.3 Å². The number of aromatic nitrogens is 1. The Morgan fingerprint density at radius 3 is 2.68 bits per heavy atom. The zero-order valence-corrected chi connectivity index (χ0v) is 19.1. The van der Waals surface area contributed by atoms with Crippen molar-refractivity contribution in [2.75, 3.05) is 26.3 Å². The lowest BCUT2D eigenvalue weighted by Crippen LogP contribution is -2.40. The van der Waals surface area contributed by atoms with Crippen LogP contribution in [0.25, 0.3) is 0 Å². The fraction of sp³-hybridized carbons (Fsp3) is 0.778. The van der Waals surface area contributed by atoms with E-state index in [0.717, 1.165) is 49.4 Å². The van der Waals surface area contributed by atoms with Gasteiger partial charge < -0.3 is 15.4 Å². The molecule has 25 heavy (non-hydrogen) atoms. The second-order valence-corrected chi connectivity index (χ2v) is 7.76. The summed E-state index contributed by atoms with van der Waals surface area (Å²) in [4.78, 5) is 9.35. The Bertz CT molecular complexity index is 529. The predicted molar refractivity (Wildman–Crippen MR) is 117 cm³/mol. The van der Waals surface area contributed by atoms with E-state index in [2.05, 4.69) is 48.7 Å². The largest absolute Gasteiger partial charge is 0.382 e. The normalized spacial score (nSPS) is 15.8. The molecule has 0 atom stereocenters. The van der Waals surface area contributed by atoms with E-state index in [4.69, 9.17) is 9.73 Å². The molecule has 1 aliphatic rings. The molecule has 0 bridgehead atoms. The number of thiazole rings is 1. The van der Waals surface area contributed by atoms with Crippen LogP contribution in [0.4, 0.5) is 0 Å². The summed E-state index contributed by atoms with van der Waals surface area (Å²) in [6.45, 7) is 12.6. The van der Waals surface area contributed by atoms with E-state index >= 15 is 0 Å². The number of nitrogens with zero attached hydrogens (tertiary/aromatic N) is 2. The van der Waals surface area contributed by atoms with Gasteiger partial charge in [0.05, 0.1) is 12.2 Å². The zero-order chi connectivity index (χ0) is 17.4. The third kappa shape index (κ3) is 7.78. The molecular weight excluding hydrogens is 447 g/mol. The highest BCUT2D eigenvalue weighted by atomic mass is 127. The van der Waals surface area contributed by atoms with Crippen LogP contribution >= 0.6 is 35.3 Å². The molecule has 0 saturated heterocycles. The number of hydrogen-bond donors (Lipinski definition) is 2. The van der Waals surface area contributed by atoms with Crippen LogP contribution in [0.3, 0.4) is 0 Å². The van der Waals surface area contributed by atoms with Gasteiger partial charge in [0.2, 0.25) is 0 Å². The number of aliphatic imine (C=N–C) groups is 1. The van der Waals surface area contributed by atoms with Crippen LogP contribution in [0.1, 0.15) is 63.6 Å². The van der Waals surface area contributed by atoms with Crippen molar-refractivity contribution in [2.24, 2.45) is 10.4 Å². The molecule has 1 fully saturated rings. The van der Waals surface area contributed by atoms with Gasteiger partial charge in [-0.1, -0.05) is 13.8 Å². The fourth-order valence-corrected chi connectivity index (χ4v) is 3.43. The van der Waals surface area contributed by atoms with E-state index in [1.165, 1.54) is 12.8 Å². The van der Waals surface area contributed by atoms with E-state index in [1.54, 1.807) is 11.3 Å². The molecule has 1 aromatic rings. The lowest BCUT2D eigenvalue weighted by Gasteiger charge is -2.18. The SMILES string of the molecule is CCNC(=NCc1nc(C(C)C)cs1)NCC1(CCOCC)CC1.I. The van der Waals surface area contributed by atoms with Gasteiger partial charge in [0, 0.05) is 31.7 Å². The van der Waals surface area contributed by atoms with Crippen LogP contribution in [-0.4, -0.2) is 37.2 Å². The molecule has 0 amide bonds. The maximum absolute atomic E-state index is 5.51. The minimum atomic E-state index is 0. The molecule has 2 rings (SSSR count). The van der Waals surface area contributed by atoms with E-state index in [-0.39, 0.29) is 24.0 Å². The first-order valence-corrected chi connectivity index (χ1v) is 10.0. The predicted octanol–water partition coefficient (Wildman–Crippen LogP) is 4.15. The average Bonchev–Trinajstić information content (AvgIpc) is 3.16. The van der Waals surface area contributed by atoms with Gasteiger partial charge in [-0.25, -0.2) is 9.98 Å². The highest BCUT2D eigenvalue weighted by Gasteiger charge is 2.41. The minimum Gasteiger partial charge on any atom is -0.382 e. The number of ether oxygens (including phenoxy) is 1. The fourth-order valence-electron chi connectivity index (χ4n) is 2.55. The first-order valence-electron chi connectivity index (χ1n) is 9.13. The molecule has 144 valence electrons. The lowest BCUT2D eigenvalue weighted by molar-refractivity contribution is 0.128. The van der Waals surface area contributed by atoms with Crippen molar-refractivity contribution in [2.45, 2.75) is 59.4 Å². The summed E-state index contributed by atoms with van der Waals surface area (Å²) < 4.78 is 5.51. The smallest absolute Gasteiger partial charge is 0.191 e. The topological polar surface area (TPSA) is 58.5 Å². The van der Waals surface area contributed by atoms with Gasteiger partial charge >= 0.3 is 0 Å². The molecular formula is C18H33IN4OS. The van der Waals surface area contributed by atoms with Crippen LogP contribution in [0.5, 0.6) is 0 Å². The first-order chi connectivity index (χ1) is 11.6. The molecule has 0 spiro atoms. The third-order valence-electron chi connectivity index (χ3n) is 4.45. The Labute approximate surface area is 173 Å². The average molecular weight is 480 g/mol. The Morgan fingerprint density at radius 1 is 1.36 bits per heavy atom. The maximum Gasteiger partial charge on any atom is 0.191 e. The van der Waals surface area contributed by atoms with Gasteiger partial charge in [0.25, 0.3) is 0 Å². The molecule has 1 aliphatic carbocycles. The number of rotatable bonds is 10. The molecule has 0 unspecified atom stereocenters. The molecule has 1 heterocycles. The number of nitrogens with one attached hydrogen (secondary N) is 2. The summed E-state index contributed by atoms with van der Waals surface area (Å²) in [7, 11) is 0. The molecule has 7 heteroatoms. The van der Waals surface area contributed by atoms with Crippen molar-refractivity contribution in [3.63, 3.8) is 0 Å². The van der Waals surface area contributed by atoms with Crippen LogP contribution in [-0.2, 0) is 11.3 Å². The molecule has 5 nitrogen and oxygen atoms in total. The van der Waals surface area contributed by atoms with Crippen molar-refractivity contribution in [3.05, 3.63) is 16.1 Å². The molecule has 0 aromatic carbocycles. The molecule has 0 aliphatic heterocycles. The lowest BCUT2D eigenvalue weighted by atomic mass is 10.0. The van der Waals surface area contributed by atoms with Gasteiger partial charge in [-0.15, -0.1) is 35.3 Å². The highest BCUT2D eigenvalue weighted by Crippen LogP contribution is 2.48. The van der Waals surface area contributed by atoms with Crippen molar-refractivity contribution < 1.29 is 4.74 Å². The molecule has 1 aromatic heterocycles. The van der Waals surface area contributed by atoms with E-state index in [9.17, 15) is 0 Å². The number of guanidine groups is 1. The highest BCUT2D eigenvalue weighted by molar-refractivity contribution is 14.0. The van der Waals surface area contributed by atoms with Crippen molar-refractivity contribution in [1.29, 1.82) is 0 Å². The molecule has 2 N–H and O–H groups in total. The minimum absolute atomic E-state index is 0. The Kier molecular flexibility index (Phi) is 10.3. The first kappa shape index (κ1) is 22.6. The van der Waals surface area contributed by atoms with E-state index < -0.39 is 0 Å². The van der Waals surface area contributed by atoms with Gasteiger partial charge in [0.15, 0.2) is 5.96 Å². The van der Waals surface area contributed by atoms with Crippen molar-refractivity contribution in [1.82, 2.24) is 15.6 Å². The van der Waals surface area contributed by atoms with E-state index in [1.807, 2.05) is 0 Å². The summed E-state index contributed by atoms with van der Waals surface area (Å²) >= 11 is 1.70. The summed E-state index contributed by atoms with van der Waals surface area (Å²) in [5.74, 6) is 1.37. The third-order valence-corrected chi connectivity index (χ3v) is 5.30. The Morgan fingerprint density at radius 2 is 2.12 bits per heavy atom. The summed E-state index contributed by atoms with van der Waals surface area (Å²) in [6, 6.07) is 0. The van der Waals surface area contributed by atoms with Gasteiger partial charge in [-0.2, -0.15) is 0 Å². The standard InChI is InChI=1S/C18H32N4OS.HI/c1-5-19-17(20-11-16-22-15(12-24-16)14(3)4)21-13-18(7-8-18)9-10-23-6-2;/h12,14H,5-11,13H2,1-4H3,(H2,19,20,21);1H. The van der Waals surface area contributed by atoms with Gasteiger partial charge in [-0.05, 0) is 44.4 Å². The number of hydrogen-bond acceptors (Lipinski definition) is 4.